The molecule has 0 fully saturated rings. The van der Waals surface area contributed by atoms with Gasteiger partial charge in [0.25, 0.3) is 0 Å². The summed E-state index contributed by atoms with van der Waals surface area (Å²) in [6.45, 7) is 2.17. The molecule has 5 heteroatoms. The molecule has 0 aliphatic rings. The van der Waals surface area contributed by atoms with E-state index >= 15 is 0 Å². The first-order valence-electron chi connectivity index (χ1n) is 3.67. The van der Waals surface area contributed by atoms with E-state index in [1.54, 1.807) is 12.4 Å². The number of aromatic nitrogens is 4. The van der Waals surface area contributed by atoms with Crippen LogP contribution in [0.15, 0.2) is 18.5 Å². The normalized spacial score (nSPS) is 11.1. The summed E-state index contributed by atoms with van der Waals surface area (Å²) in [5, 5.41) is 8.08. The summed E-state index contributed by atoms with van der Waals surface area (Å²) in [7, 11) is 0. The number of rotatable bonds is 2. The van der Waals surface area contributed by atoms with E-state index in [0.29, 0.717) is 0 Å². The van der Waals surface area contributed by atoms with E-state index in [1.165, 1.54) is 4.43 Å². The van der Waals surface area contributed by atoms with Gasteiger partial charge in [-0.25, -0.2) is 0 Å². The summed E-state index contributed by atoms with van der Waals surface area (Å²) in [5.41, 5.74) is 2.00. The van der Waals surface area contributed by atoms with Gasteiger partial charge in [-0.1, -0.05) is 0 Å². The molecule has 0 aromatic carbocycles. The van der Waals surface area contributed by atoms with Crippen molar-refractivity contribution < 1.29 is 21.5 Å². The molecule has 0 radical (unpaired) electrons. The number of hydrogen-bond donors (Lipinski definition) is 0. The van der Waals surface area contributed by atoms with Crippen molar-refractivity contribution in [3.63, 3.8) is 0 Å². The summed E-state index contributed by atoms with van der Waals surface area (Å²) in [5.74, 6) is 0. The van der Waals surface area contributed by atoms with Crippen LogP contribution in [-0.4, -0.2) is 22.6 Å². The zero-order valence-electron chi connectivity index (χ0n) is 6.61. The third-order valence-electron chi connectivity index (χ3n) is 1.44. The van der Waals surface area contributed by atoms with Crippen LogP contribution in [0.1, 0.15) is 6.92 Å². The van der Waals surface area contributed by atoms with Crippen LogP contribution in [0, 0.1) is 0 Å². The van der Waals surface area contributed by atoms with Gasteiger partial charge < -0.3 is 0 Å². The molecule has 0 amide bonds. The SMILES string of the molecule is CC[I-]n1nnc2cnccc21. The van der Waals surface area contributed by atoms with Crippen molar-refractivity contribution in [1.29, 1.82) is 0 Å². The van der Waals surface area contributed by atoms with E-state index < -0.39 is 0 Å². The molecule has 0 spiro atoms. The Balaban J connectivity index is 2.55. The molecular weight excluding hydrogens is 267 g/mol. The Morgan fingerprint density at radius 2 is 2.50 bits per heavy atom. The van der Waals surface area contributed by atoms with Crippen LogP contribution in [0.25, 0.3) is 11.0 Å². The predicted octanol–water partition coefficient (Wildman–Crippen LogP) is -2.30. The summed E-state index contributed by atoms with van der Waals surface area (Å²) in [6.07, 6.45) is 3.53. The van der Waals surface area contributed by atoms with Crippen molar-refractivity contribution in [1.82, 2.24) is 18.2 Å². The monoisotopic (exact) mass is 275 g/mol. The van der Waals surface area contributed by atoms with E-state index in [1.807, 2.05) is 8.96 Å². The zero-order chi connectivity index (χ0) is 8.39. The van der Waals surface area contributed by atoms with E-state index in [-0.39, 0.29) is 21.5 Å². The average molecular weight is 275 g/mol. The minimum absolute atomic E-state index is 0.0194. The Labute approximate surface area is 80.6 Å². The second kappa shape index (κ2) is 3.34. The van der Waals surface area contributed by atoms with Gasteiger partial charge in [0.15, 0.2) is 0 Å². The van der Waals surface area contributed by atoms with E-state index in [4.69, 9.17) is 0 Å². The van der Waals surface area contributed by atoms with Gasteiger partial charge >= 0.3 is 80.5 Å². The molecule has 64 valence electrons. The summed E-state index contributed by atoms with van der Waals surface area (Å²) in [4.78, 5) is 3.98. The Bertz CT molecular complexity index is 384. The Kier molecular flexibility index (Phi) is 2.20. The van der Waals surface area contributed by atoms with Crippen molar-refractivity contribution in [3.8, 4) is 0 Å². The van der Waals surface area contributed by atoms with Gasteiger partial charge in [-0.05, 0) is 0 Å². The van der Waals surface area contributed by atoms with Crippen molar-refractivity contribution in [2.45, 2.75) is 6.92 Å². The fourth-order valence-electron chi connectivity index (χ4n) is 0.949. The number of alkyl halides is 1. The van der Waals surface area contributed by atoms with E-state index in [0.717, 1.165) is 11.0 Å². The standard InChI is InChI=1S/C7H8IN4/c1-2-8-12-7-3-4-9-5-6(7)10-11-12/h3-5H,2H2,1H3/q-1. The van der Waals surface area contributed by atoms with Crippen LogP contribution in [0.2, 0.25) is 0 Å². The van der Waals surface area contributed by atoms with Gasteiger partial charge in [0.1, 0.15) is 0 Å². The first-order valence-corrected chi connectivity index (χ1v) is 6.16. The third-order valence-corrected chi connectivity index (χ3v) is 3.48. The zero-order valence-corrected chi connectivity index (χ0v) is 8.76. The van der Waals surface area contributed by atoms with Gasteiger partial charge in [0.05, 0.1) is 0 Å². The molecule has 2 rings (SSSR count). The molecule has 4 nitrogen and oxygen atoms in total. The van der Waals surface area contributed by atoms with Crippen LogP contribution in [-0.2, 0) is 0 Å². The first-order chi connectivity index (χ1) is 5.92. The van der Waals surface area contributed by atoms with Crippen molar-refractivity contribution in [2.24, 2.45) is 0 Å². The van der Waals surface area contributed by atoms with Crippen molar-refractivity contribution >= 4 is 11.0 Å². The van der Waals surface area contributed by atoms with Crippen LogP contribution in [0.3, 0.4) is 0 Å². The fraction of sp³-hybridized carbons (Fsp3) is 0.286. The molecule has 0 saturated carbocycles. The number of pyridine rings is 1. The molecule has 0 aliphatic heterocycles. The Morgan fingerprint density at radius 3 is 3.33 bits per heavy atom. The number of fused-ring (bicyclic) bond motifs is 1. The molecule has 0 saturated heterocycles. The van der Waals surface area contributed by atoms with Gasteiger partial charge in [-0.2, -0.15) is 0 Å². The molecule has 0 aliphatic carbocycles. The molecular formula is C7H8IN4-. The summed E-state index contributed by atoms with van der Waals surface area (Å²) >= 11 is -0.0194. The minimum atomic E-state index is -0.0194. The number of halogens is 1. The third kappa shape index (κ3) is 1.28. The van der Waals surface area contributed by atoms with Gasteiger partial charge in [0.2, 0.25) is 0 Å². The molecule has 0 atom stereocenters. The van der Waals surface area contributed by atoms with Crippen LogP contribution < -0.4 is 21.5 Å². The average Bonchev–Trinajstić information content (AvgIpc) is 2.50. The van der Waals surface area contributed by atoms with Gasteiger partial charge in [0, 0.05) is 0 Å². The molecule has 0 bridgehead atoms. The summed E-state index contributed by atoms with van der Waals surface area (Å²) < 4.78 is 3.19. The quantitative estimate of drug-likeness (QED) is 0.457. The van der Waals surface area contributed by atoms with Crippen molar-refractivity contribution in [3.05, 3.63) is 18.5 Å². The number of hydrogen-bond acceptors (Lipinski definition) is 3. The maximum absolute atomic E-state index is 4.06. The van der Waals surface area contributed by atoms with Crippen LogP contribution in [0.5, 0.6) is 0 Å². The van der Waals surface area contributed by atoms with Crippen LogP contribution in [0.4, 0.5) is 0 Å². The molecule has 0 N–H and O–H groups in total. The van der Waals surface area contributed by atoms with E-state index in [9.17, 15) is 0 Å². The first kappa shape index (κ1) is 7.90. The Morgan fingerprint density at radius 1 is 1.58 bits per heavy atom. The molecule has 0 unspecified atom stereocenters. The number of nitrogens with zero attached hydrogens (tertiary/aromatic N) is 4. The van der Waals surface area contributed by atoms with Gasteiger partial charge in [-0.15, -0.1) is 0 Å². The molecule has 2 heterocycles. The van der Waals surface area contributed by atoms with Crippen molar-refractivity contribution in [2.75, 3.05) is 4.43 Å². The van der Waals surface area contributed by atoms with Gasteiger partial charge in [-0.3, -0.25) is 0 Å². The fourth-order valence-corrected chi connectivity index (χ4v) is 2.60. The Hall–Kier alpha value is -0.720. The predicted molar refractivity (Wildman–Crippen MR) is 41.3 cm³/mol. The second-order valence-electron chi connectivity index (χ2n) is 2.20. The van der Waals surface area contributed by atoms with Crippen LogP contribution >= 0.6 is 0 Å². The van der Waals surface area contributed by atoms with E-state index in [2.05, 4.69) is 22.2 Å². The molecule has 2 aromatic rings. The molecule has 2 aromatic heterocycles. The second-order valence-corrected chi connectivity index (χ2v) is 5.32. The molecule has 12 heavy (non-hydrogen) atoms. The maximum atomic E-state index is 4.06. The topological polar surface area (TPSA) is 43.6 Å². The summed E-state index contributed by atoms with van der Waals surface area (Å²) in [6, 6.07) is 1.96.